The van der Waals surface area contributed by atoms with Crippen molar-refractivity contribution >= 4 is 17.3 Å². The average Bonchev–Trinajstić information content (AvgIpc) is 2.88. The quantitative estimate of drug-likeness (QED) is 0.627. The molecule has 1 unspecified atom stereocenters. The van der Waals surface area contributed by atoms with Gasteiger partial charge in [0.25, 0.3) is 5.69 Å². The molecule has 7 heteroatoms. The molecule has 21 heavy (non-hydrogen) atoms. The Balaban J connectivity index is 1.92. The first-order valence-electron chi connectivity index (χ1n) is 6.87. The molecule has 2 N–H and O–H groups in total. The van der Waals surface area contributed by atoms with Crippen LogP contribution in [0.1, 0.15) is 12.0 Å². The van der Waals surface area contributed by atoms with Gasteiger partial charge in [0.15, 0.2) is 0 Å². The summed E-state index contributed by atoms with van der Waals surface area (Å²) in [5.74, 6) is 0.101. The van der Waals surface area contributed by atoms with Gasteiger partial charge in [0.1, 0.15) is 0 Å². The second-order valence-electron chi connectivity index (χ2n) is 5.38. The average molecular weight is 293 g/mol. The molecule has 0 bridgehead atoms. The van der Waals surface area contributed by atoms with Crippen molar-refractivity contribution in [2.24, 2.45) is 5.92 Å². The molecule has 1 fully saturated rings. The zero-order valence-electron chi connectivity index (χ0n) is 11.9. The highest BCUT2D eigenvalue weighted by Crippen LogP contribution is 2.21. The van der Waals surface area contributed by atoms with Gasteiger partial charge in [0.2, 0.25) is 5.91 Å². The number of benzene rings is 1. The van der Waals surface area contributed by atoms with E-state index in [1.165, 1.54) is 12.1 Å². The summed E-state index contributed by atoms with van der Waals surface area (Å²) in [5.41, 5.74) is 1.26. The van der Waals surface area contributed by atoms with Gasteiger partial charge in [-0.25, -0.2) is 0 Å². The van der Waals surface area contributed by atoms with E-state index in [2.05, 4.69) is 5.32 Å². The number of nitrogens with one attached hydrogen (secondary N) is 1. The number of aliphatic hydroxyl groups is 1. The summed E-state index contributed by atoms with van der Waals surface area (Å²) < 4.78 is 0. The lowest BCUT2D eigenvalue weighted by Gasteiger charge is -2.15. The molecule has 0 spiro atoms. The molecule has 1 heterocycles. The molecule has 2 rings (SSSR count). The Labute approximate surface area is 122 Å². The standard InChI is InChI=1S/C14H19N3O4/c1-10-6-12(17(20)21)2-3-13(10)15-14(19)8-16-5-4-11(7-16)9-18/h2-3,6,11,18H,4-5,7-9H2,1H3,(H,15,19). The monoisotopic (exact) mass is 293 g/mol. The van der Waals surface area contributed by atoms with Crippen molar-refractivity contribution in [3.8, 4) is 0 Å². The molecular weight excluding hydrogens is 274 g/mol. The SMILES string of the molecule is Cc1cc([N+](=O)[O-])ccc1NC(=O)CN1CCC(CO)C1. The number of amides is 1. The molecule has 1 atom stereocenters. The molecule has 1 aliphatic rings. The van der Waals surface area contributed by atoms with Gasteiger partial charge in [-0.2, -0.15) is 0 Å². The number of hydrogen-bond donors (Lipinski definition) is 2. The van der Waals surface area contributed by atoms with Crippen LogP contribution in [-0.4, -0.2) is 47.1 Å². The van der Waals surface area contributed by atoms with Gasteiger partial charge < -0.3 is 10.4 Å². The Kier molecular flexibility index (Phi) is 4.87. The fourth-order valence-corrected chi connectivity index (χ4v) is 2.50. The number of rotatable bonds is 5. The molecule has 1 aromatic carbocycles. The number of nitro groups is 1. The van der Waals surface area contributed by atoms with Crippen LogP contribution in [0, 0.1) is 23.0 Å². The van der Waals surface area contributed by atoms with E-state index in [0.717, 1.165) is 19.5 Å². The molecule has 114 valence electrons. The van der Waals surface area contributed by atoms with Gasteiger partial charge in [0, 0.05) is 31.0 Å². The lowest BCUT2D eigenvalue weighted by atomic mass is 10.1. The lowest BCUT2D eigenvalue weighted by molar-refractivity contribution is -0.384. The fraction of sp³-hybridized carbons (Fsp3) is 0.500. The van der Waals surface area contributed by atoms with Crippen molar-refractivity contribution in [3.05, 3.63) is 33.9 Å². The number of carbonyl (C=O) groups is 1. The maximum Gasteiger partial charge on any atom is 0.269 e. The molecule has 1 saturated heterocycles. The van der Waals surface area contributed by atoms with Crippen LogP contribution in [0.2, 0.25) is 0 Å². The molecular formula is C14H19N3O4. The van der Waals surface area contributed by atoms with E-state index >= 15 is 0 Å². The number of hydrogen-bond acceptors (Lipinski definition) is 5. The first-order valence-corrected chi connectivity index (χ1v) is 6.87. The summed E-state index contributed by atoms with van der Waals surface area (Å²) in [6.07, 6.45) is 0.903. The predicted molar refractivity (Wildman–Crippen MR) is 78.1 cm³/mol. The summed E-state index contributed by atoms with van der Waals surface area (Å²) >= 11 is 0. The minimum Gasteiger partial charge on any atom is -0.396 e. The highest BCUT2D eigenvalue weighted by molar-refractivity contribution is 5.93. The van der Waals surface area contributed by atoms with Crippen LogP contribution in [-0.2, 0) is 4.79 Å². The normalized spacial score (nSPS) is 18.7. The van der Waals surface area contributed by atoms with Gasteiger partial charge in [-0.15, -0.1) is 0 Å². The molecule has 0 aromatic heterocycles. The summed E-state index contributed by atoms with van der Waals surface area (Å²) in [5, 5.41) is 22.5. The molecule has 0 aliphatic carbocycles. The zero-order chi connectivity index (χ0) is 15.4. The molecule has 0 saturated carbocycles. The topological polar surface area (TPSA) is 95.7 Å². The smallest absolute Gasteiger partial charge is 0.269 e. The predicted octanol–water partition coefficient (Wildman–Crippen LogP) is 1.16. The maximum atomic E-state index is 12.0. The van der Waals surface area contributed by atoms with Crippen LogP contribution in [0.3, 0.4) is 0 Å². The van der Waals surface area contributed by atoms with Crippen molar-refractivity contribution in [2.75, 3.05) is 31.6 Å². The fourth-order valence-electron chi connectivity index (χ4n) is 2.50. The van der Waals surface area contributed by atoms with Crippen LogP contribution in [0.5, 0.6) is 0 Å². The number of non-ortho nitro benzene ring substituents is 1. The van der Waals surface area contributed by atoms with Crippen molar-refractivity contribution in [1.29, 1.82) is 0 Å². The van der Waals surface area contributed by atoms with Crippen molar-refractivity contribution < 1.29 is 14.8 Å². The number of nitrogens with zero attached hydrogens (tertiary/aromatic N) is 2. The first-order chi connectivity index (χ1) is 9.99. The number of anilines is 1. The zero-order valence-corrected chi connectivity index (χ0v) is 11.9. The Bertz CT molecular complexity index is 547. The van der Waals surface area contributed by atoms with Crippen molar-refractivity contribution in [3.63, 3.8) is 0 Å². The second-order valence-corrected chi connectivity index (χ2v) is 5.38. The van der Waals surface area contributed by atoms with E-state index in [-0.39, 0.29) is 30.7 Å². The van der Waals surface area contributed by atoms with Crippen molar-refractivity contribution in [2.45, 2.75) is 13.3 Å². The van der Waals surface area contributed by atoms with Crippen LogP contribution < -0.4 is 5.32 Å². The minimum absolute atomic E-state index is 0.0100. The summed E-state index contributed by atoms with van der Waals surface area (Å²) in [6.45, 7) is 3.67. The third-order valence-electron chi connectivity index (χ3n) is 3.69. The maximum absolute atomic E-state index is 12.0. The van der Waals surface area contributed by atoms with E-state index in [0.29, 0.717) is 11.3 Å². The van der Waals surface area contributed by atoms with Crippen LogP contribution in [0.15, 0.2) is 18.2 Å². The number of carbonyl (C=O) groups excluding carboxylic acids is 1. The number of aliphatic hydroxyl groups excluding tert-OH is 1. The van der Waals surface area contributed by atoms with Gasteiger partial charge in [-0.3, -0.25) is 19.8 Å². The highest BCUT2D eigenvalue weighted by Gasteiger charge is 2.23. The highest BCUT2D eigenvalue weighted by atomic mass is 16.6. The summed E-state index contributed by atoms with van der Waals surface area (Å²) in [7, 11) is 0. The van der Waals surface area contributed by atoms with Crippen molar-refractivity contribution in [1.82, 2.24) is 4.90 Å². The van der Waals surface area contributed by atoms with Gasteiger partial charge in [-0.1, -0.05) is 0 Å². The summed E-state index contributed by atoms with van der Waals surface area (Å²) in [6, 6.07) is 4.36. The van der Waals surface area contributed by atoms with Crippen LogP contribution >= 0.6 is 0 Å². The first kappa shape index (κ1) is 15.4. The third-order valence-corrected chi connectivity index (χ3v) is 3.69. The molecule has 7 nitrogen and oxygen atoms in total. The third kappa shape index (κ3) is 3.99. The van der Waals surface area contributed by atoms with E-state index in [1.807, 2.05) is 4.90 Å². The second kappa shape index (κ2) is 6.64. The van der Waals surface area contributed by atoms with E-state index in [1.54, 1.807) is 13.0 Å². The van der Waals surface area contributed by atoms with Crippen LogP contribution in [0.25, 0.3) is 0 Å². The number of aryl methyl sites for hydroxylation is 1. The largest absolute Gasteiger partial charge is 0.396 e. The van der Waals surface area contributed by atoms with E-state index < -0.39 is 4.92 Å². The van der Waals surface area contributed by atoms with E-state index in [4.69, 9.17) is 5.11 Å². The van der Waals surface area contributed by atoms with E-state index in [9.17, 15) is 14.9 Å². The Morgan fingerprint density at radius 1 is 1.57 bits per heavy atom. The number of nitro benzene ring substituents is 1. The lowest BCUT2D eigenvalue weighted by Crippen LogP contribution is -2.32. The Hall–Kier alpha value is -1.99. The molecule has 0 radical (unpaired) electrons. The molecule has 1 amide bonds. The molecule has 1 aliphatic heterocycles. The Morgan fingerprint density at radius 2 is 2.33 bits per heavy atom. The summed E-state index contributed by atoms with van der Waals surface area (Å²) in [4.78, 5) is 24.2. The molecule has 1 aromatic rings. The number of likely N-dealkylation sites (tertiary alicyclic amines) is 1. The van der Waals surface area contributed by atoms with Gasteiger partial charge in [0.05, 0.1) is 11.5 Å². The minimum atomic E-state index is -0.460. The van der Waals surface area contributed by atoms with Crippen LogP contribution in [0.4, 0.5) is 11.4 Å². The van der Waals surface area contributed by atoms with Gasteiger partial charge >= 0.3 is 0 Å². The van der Waals surface area contributed by atoms with Gasteiger partial charge in [-0.05, 0) is 37.4 Å². The Morgan fingerprint density at radius 3 is 2.90 bits per heavy atom.